The fourth-order valence-corrected chi connectivity index (χ4v) is 2.39. The number of Topliss-reactive ketones (excluding diaryl/α,β-unsaturated/α-hetero) is 1. The summed E-state index contributed by atoms with van der Waals surface area (Å²) in [5, 5.41) is 2.20. The fourth-order valence-electron chi connectivity index (χ4n) is 2.39. The Morgan fingerprint density at radius 1 is 0.895 bits per heavy atom. The van der Waals surface area contributed by atoms with Gasteiger partial charge in [0.25, 0.3) is 0 Å². The maximum absolute atomic E-state index is 12.3. The van der Waals surface area contributed by atoms with Crippen LogP contribution in [0.5, 0.6) is 0 Å². The Labute approximate surface area is 114 Å². The van der Waals surface area contributed by atoms with Gasteiger partial charge in [0.1, 0.15) is 0 Å². The van der Waals surface area contributed by atoms with E-state index in [2.05, 4.69) is 0 Å². The number of carbonyl (C=O) groups is 1. The predicted octanol–water partition coefficient (Wildman–Crippen LogP) is 3.93. The van der Waals surface area contributed by atoms with Crippen LogP contribution >= 0.6 is 0 Å². The van der Waals surface area contributed by atoms with Crippen LogP contribution < -0.4 is 5.73 Å². The highest BCUT2D eigenvalue weighted by Gasteiger charge is 2.08. The molecule has 0 radical (unpaired) electrons. The van der Waals surface area contributed by atoms with E-state index in [4.69, 9.17) is 5.73 Å². The van der Waals surface area contributed by atoms with Gasteiger partial charge in [-0.05, 0) is 30.2 Å². The van der Waals surface area contributed by atoms with E-state index in [-0.39, 0.29) is 5.78 Å². The summed E-state index contributed by atoms with van der Waals surface area (Å²) in [7, 11) is 0. The number of benzene rings is 2. The molecule has 0 aliphatic heterocycles. The van der Waals surface area contributed by atoms with Crippen LogP contribution in [0.25, 0.3) is 10.8 Å². The number of fused-ring (bicyclic) bond motifs is 1. The van der Waals surface area contributed by atoms with Gasteiger partial charge in [0.05, 0.1) is 0 Å². The van der Waals surface area contributed by atoms with Crippen molar-refractivity contribution in [2.45, 2.75) is 32.1 Å². The number of carbonyl (C=O) groups excluding carboxylic acids is 1. The van der Waals surface area contributed by atoms with E-state index >= 15 is 0 Å². The molecule has 2 heteroatoms. The summed E-state index contributed by atoms with van der Waals surface area (Å²) < 4.78 is 0. The topological polar surface area (TPSA) is 43.1 Å². The van der Waals surface area contributed by atoms with Crippen molar-refractivity contribution in [1.82, 2.24) is 0 Å². The number of hydrogen-bond donors (Lipinski definition) is 1. The Hall–Kier alpha value is -1.67. The van der Waals surface area contributed by atoms with Gasteiger partial charge in [0, 0.05) is 12.0 Å². The molecule has 2 rings (SSSR count). The molecule has 0 spiro atoms. The van der Waals surface area contributed by atoms with Crippen LogP contribution in [0.2, 0.25) is 0 Å². The molecule has 0 heterocycles. The van der Waals surface area contributed by atoms with Gasteiger partial charge in [-0.25, -0.2) is 0 Å². The Bertz CT molecular complexity index is 542. The molecular weight excluding hydrogens is 234 g/mol. The van der Waals surface area contributed by atoms with Crippen molar-refractivity contribution >= 4 is 16.6 Å². The van der Waals surface area contributed by atoms with E-state index in [9.17, 15) is 4.79 Å². The summed E-state index contributed by atoms with van der Waals surface area (Å²) in [6.07, 6.45) is 4.87. The first-order valence-corrected chi connectivity index (χ1v) is 7.04. The lowest BCUT2D eigenvalue weighted by Crippen LogP contribution is -2.01. The van der Waals surface area contributed by atoms with Gasteiger partial charge in [-0.1, -0.05) is 55.3 Å². The molecule has 0 saturated carbocycles. The van der Waals surface area contributed by atoms with E-state index in [1.165, 1.54) is 0 Å². The van der Waals surface area contributed by atoms with E-state index in [1.807, 2.05) is 42.5 Å². The fraction of sp³-hybridized carbons (Fsp3) is 0.353. The van der Waals surface area contributed by atoms with Crippen molar-refractivity contribution in [3.63, 3.8) is 0 Å². The van der Waals surface area contributed by atoms with Gasteiger partial charge in [-0.3, -0.25) is 4.79 Å². The molecule has 100 valence electrons. The Kier molecular flexibility index (Phi) is 5.10. The first-order chi connectivity index (χ1) is 9.33. The van der Waals surface area contributed by atoms with Gasteiger partial charge >= 0.3 is 0 Å². The van der Waals surface area contributed by atoms with Crippen molar-refractivity contribution < 1.29 is 4.79 Å². The third-order valence-electron chi connectivity index (χ3n) is 3.45. The summed E-state index contributed by atoms with van der Waals surface area (Å²) in [6, 6.07) is 14.0. The first kappa shape index (κ1) is 13.8. The number of ketones is 1. The van der Waals surface area contributed by atoms with Gasteiger partial charge < -0.3 is 5.73 Å². The molecule has 19 heavy (non-hydrogen) atoms. The van der Waals surface area contributed by atoms with Crippen molar-refractivity contribution in [2.24, 2.45) is 5.73 Å². The summed E-state index contributed by atoms with van der Waals surface area (Å²) in [6.45, 7) is 0.747. The monoisotopic (exact) mass is 255 g/mol. The number of hydrogen-bond acceptors (Lipinski definition) is 2. The lowest BCUT2D eigenvalue weighted by Gasteiger charge is -2.05. The van der Waals surface area contributed by atoms with E-state index < -0.39 is 0 Å². The van der Waals surface area contributed by atoms with Crippen LogP contribution in [0.3, 0.4) is 0 Å². The largest absolute Gasteiger partial charge is 0.330 e. The smallest absolute Gasteiger partial charge is 0.163 e. The minimum Gasteiger partial charge on any atom is -0.330 e. The lowest BCUT2D eigenvalue weighted by atomic mass is 9.98. The zero-order valence-electron chi connectivity index (χ0n) is 11.3. The average Bonchev–Trinajstić information content (AvgIpc) is 2.46. The van der Waals surface area contributed by atoms with Crippen LogP contribution in [-0.4, -0.2) is 12.3 Å². The molecule has 2 aromatic rings. The maximum atomic E-state index is 12.3. The second kappa shape index (κ2) is 7.05. The van der Waals surface area contributed by atoms with E-state index in [0.29, 0.717) is 6.42 Å². The molecule has 0 aromatic heterocycles. The minimum atomic E-state index is 0.254. The van der Waals surface area contributed by atoms with Crippen LogP contribution in [0.4, 0.5) is 0 Å². The van der Waals surface area contributed by atoms with Crippen molar-refractivity contribution in [2.75, 3.05) is 6.54 Å². The summed E-state index contributed by atoms with van der Waals surface area (Å²) in [5.41, 5.74) is 6.32. The SMILES string of the molecule is NCCCCCCC(=O)c1cccc2ccccc12. The lowest BCUT2D eigenvalue weighted by molar-refractivity contribution is 0.0981. The summed E-state index contributed by atoms with van der Waals surface area (Å²) >= 11 is 0. The molecular formula is C17H21NO. The second-order valence-electron chi connectivity index (χ2n) is 4.90. The molecule has 0 aliphatic carbocycles. The maximum Gasteiger partial charge on any atom is 0.163 e. The normalized spacial score (nSPS) is 10.8. The molecule has 2 aromatic carbocycles. The third-order valence-corrected chi connectivity index (χ3v) is 3.45. The minimum absolute atomic E-state index is 0.254. The Morgan fingerprint density at radius 3 is 2.47 bits per heavy atom. The standard InChI is InChI=1S/C17H21NO/c18-13-6-2-1-3-12-17(19)16-11-7-9-14-8-4-5-10-15(14)16/h4-5,7-11H,1-3,6,12-13,18H2. The zero-order chi connectivity index (χ0) is 13.5. The molecule has 0 amide bonds. The van der Waals surface area contributed by atoms with Crippen LogP contribution in [0.1, 0.15) is 42.5 Å². The predicted molar refractivity (Wildman–Crippen MR) is 80.4 cm³/mol. The van der Waals surface area contributed by atoms with Gasteiger partial charge in [0.15, 0.2) is 5.78 Å². The number of rotatable bonds is 7. The van der Waals surface area contributed by atoms with Crippen molar-refractivity contribution in [3.8, 4) is 0 Å². The highest BCUT2D eigenvalue weighted by Crippen LogP contribution is 2.20. The Balaban J connectivity index is 2.01. The highest BCUT2D eigenvalue weighted by molar-refractivity contribution is 6.08. The van der Waals surface area contributed by atoms with Crippen molar-refractivity contribution in [3.05, 3.63) is 48.0 Å². The quantitative estimate of drug-likeness (QED) is 0.601. The summed E-state index contributed by atoms with van der Waals surface area (Å²) in [4.78, 5) is 12.3. The average molecular weight is 255 g/mol. The van der Waals surface area contributed by atoms with E-state index in [1.54, 1.807) is 0 Å². The highest BCUT2D eigenvalue weighted by atomic mass is 16.1. The van der Waals surface area contributed by atoms with Gasteiger partial charge in [-0.2, -0.15) is 0 Å². The second-order valence-corrected chi connectivity index (χ2v) is 4.90. The molecule has 0 unspecified atom stereocenters. The van der Waals surface area contributed by atoms with Crippen molar-refractivity contribution in [1.29, 1.82) is 0 Å². The first-order valence-electron chi connectivity index (χ1n) is 7.04. The third kappa shape index (κ3) is 3.65. The molecule has 0 fully saturated rings. The molecule has 2 N–H and O–H groups in total. The molecule has 0 atom stereocenters. The van der Waals surface area contributed by atoms with Gasteiger partial charge in [-0.15, -0.1) is 0 Å². The van der Waals surface area contributed by atoms with Crippen LogP contribution in [0.15, 0.2) is 42.5 Å². The Morgan fingerprint density at radius 2 is 1.63 bits per heavy atom. The van der Waals surface area contributed by atoms with Crippen LogP contribution in [0, 0.1) is 0 Å². The zero-order valence-corrected chi connectivity index (χ0v) is 11.3. The molecule has 0 bridgehead atoms. The van der Waals surface area contributed by atoms with E-state index in [0.717, 1.165) is 48.6 Å². The van der Waals surface area contributed by atoms with Crippen LogP contribution in [-0.2, 0) is 0 Å². The molecule has 0 aliphatic rings. The molecule has 0 saturated heterocycles. The van der Waals surface area contributed by atoms with Gasteiger partial charge in [0.2, 0.25) is 0 Å². The number of unbranched alkanes of at least 4 members (excludes halogenated alkanes) is 3. The summed E-state index contributed by atoms with van der Waals surface area (Å²) in [5.74, 6) is 0.254. The number of nitrogens with two attached hydrogens (primary N) is 1. The molecule has 2 nitrogen and oxygen atoms in total.